The van der Waals surface area contributed by atoms with E-state index in [2.05, 4.69) is 20.6 Å². The van der Waals surface area contributed by atoms with Crippen molar-refractivity contribution in [1.82, 2.24) is 19.9 Å². The molecule has 0 fully saturated rings. The Hall–Kier alpha value is -3.70. The maximum atomic E-state index is 14.5. The number of aliphatic hydroxyl groups excluding tert-OH is 2. The van der Waals surface area contributed by atoms with Crippen molar-refractivity contribution in [2.75, 3.05) is 26.1 Å². The number of halogens is 1. The molecule has 3 aromatic rings. The van der Waals surface area contributed by atoms with Gasteiger partial charge in [0.05, 0.1) is 44.4 Å². The summed E-state index contributed by atoms with van der Waals surface area (Å²) in [6, 6.07) is 4.48. The summed E-state index contributed by atoms with van der Waals surface area (Å²) >= 11 is 0. The molecule has 0 unspecified atom stereocenters. The Labute approximate surface area is 183 Å². The molecular formula is C21H24FN5O5. The number of hydrogen-bond acceptors (Lipinski definition) is 8. The van der Waals surface area contributed by atoms with Crippen LogP contribution in [0.5, 0.6) is 11.5 Å². The highest BCUT2D eigenvalue weighted by atomic mass is 19.1. The summed E-state index contributed by atoms with van der Waals surface area (Å²) < 4.78 is 26.8. The van der Waals surface area contributed by atoms with Crippen LogP contribution in [0.4, 0.5) is 16.0 Å². The molecule has 11 heteroatoms. The summed E-state index contributed by atoms with van der Waals surface area (Å²) in [7, 11) is 2.80. The number of ether oxygens (including phenoxy) is 2. The van der Waals surface area contributed by atoms with Crippen molar-refractivity contribution in [2.45, 2.75) is 19.3 Å². The molecule has 1 atom stereocenters. The van der Waals surface area contributed by atoms with Crippen molar-refractivity contribution < 1.29 is 28.9 Å². The van der Waals surface area contributed by atoms with Crippen LogP contribution in [-0.4, -0.2) is 57.5 Å². The van der Waals surface area contributed by atoms with Gasteiger partial charge in [0.25, 0.3) is 5.91 Å². The SMILES string of the molecule is CNC(=O)c1cc(COc2cnc(Nc3ccn(C[C@H](O)CO)c3)nc2)c(F)c(OC)c1. The van der Waals surface area contributed by atoms with Crippen LogP contribution in [0.25, 0.3) is 0 Å². The summed E-state index contributed by atoms with van der Waals surface area (Å²) in [5.74, 6) is -0.424. The number of benzene rings is 1. The topological polar surface area (TPSA) is 131 Å². The van der Waals surface area contributed by atoms with Gasteiger partial charge < -0.3 is 34.9 Å². The smallest absolute Gasteiger partial charge is 0.251 e. The molecule has 0 aliphatic carbocycles. The average molecular weight is 445 g/mol. The monoisotopic (exact) mass is 445 g/mol. The first-order valence-corrected chi connectivity index (χ1v) is 9.68. The number of carbonyl (C=O) groups excluding carboxylic acids is 1. The minimum absolute atomic E-state index is 0.0565. The van der Waals surface area contributed by atoms with Crippen LogP contribution in [-0.2, 0) is 13.2 Å². The van der Waals surface area contributed by atoms with Gasteiger partial charge in [-0.15, -0.1) is 0 Å². The van der Waals surface area contributed by atoms with Crippen LogP contribution in [0.15, 0.2) is 43.0 Å². The number of carbonyl (C=O) groups is 1. The Morgan fingerprint density at radius 2 is 2.06 bits per heavy atom. The molecule has 2 aromatic heterocycles. The minimum Gasteiger partial charge on any atom is -0.494 e. The molecule has 0 radical (unpaired) electrons. The molecular weight excluding hydrogens is 421 g/mol. The lowest BCUT2D eigenvalue weighted by molar-refractivity contribution is 0.0813. The first-order chi connectivity index (χ1) is 15.4. The van der Waals surface area contributed by atoms with Crippen LogP contribution in [0, 0.1) is 5.82 Å². The van der Waals surface area contributed by atoms with Crippen LogP contribution >= 0.6 is 0 Å². The molecule has 170 valence electrons. The van der Waals surface area contributed by atoms with Crippen LogP contribution in [0.3, 0.4) is 0 Å². The third-order valence-corrected chi connectivity index (χ3v) is 4.49. The first-order valence-electron chi connectivity index (χ1n) is 9.68. The molecule has 10 nitrogen and oxygen atoms in total. The zero-order valence-corrected chi connectivity index (χ0v) is 17.6. The molecule has 32 heavy (non-hydrogen) atoms. The molecule has 0 spiro atoms. The number of anilines is 2. The van der Waals surface area contributed by atoms with Gasteiger partial charge >= 0.3 is 0 Å². The molecule has 0 saturated heterocycles. The Morgan fingerprint density at radius 1 is 1.31 bits per heavy atom. The Kier molecular flexibility index (Phi) is 7.58. The van der Waals surface area contributed by atoms with E-state index in [-0.39, 0.29) is 42.5 Å². The van der Waals surface area contributed by atoms with Crippen molar-refractivity contribution >= 4 is 17.5 Å². The number of aromatic nitrogens is 3. The summed E-state index contributed by atoms with van der Waals surface area (Å²) in [5.41, 5.74) is 1.10. The fourth-order valence-electron chi connectivity index (χ4n) is 2.86. The van der Waals surface area contributed by atoms with E-state index >= 15 is 0 Å². The van der Waals surface area contributed by atoms with Gasteiger partial charge in [-0.2, -0.15) is 0 Å². The molecule has 0 aliphatic rings. The average Bonchev–Trinajstić information content (AvgIpc) is 3.25. The zero-order chi connectivity index (χ0) is 23.1. The largest absolute Gasteiger partial charge is 0.494 e. The van der Waals surface area contributed by atoms with Gasteiger partial charge in [0.1, 0.15) is 6.61 Å². The highest BCUT2D eigenvalue weighted by Crippen LogP contribution is 2.24. The first kappa shape index (κ1) is 23.0. The van der Waals surface area contributed by atoms with E-state index < -0.39 is 11.9 Å². The predicted molar refractivity (Wildman–Crippen MR) is 114 cm³/mol. The van der Waals surface area contributed by atoms with E-state index in [4.69, 9.17) is 14.6 Å². The minimum atomic E-state index is -0.843. The fraction of sp³-hybridized carbons (Fsp3) is 0.286. The molecule has 2 heterocycles. The number of aliphatic hydroxyl groups is 2. The second-order valence-electron chi connectivity index (χ2n) is 6.82. The molecule has 1 aromatic carbocycles. The van der Waals surface area contributed by atoms with Gasteiger partial charge in [0.2, 0.25) is 5.95 Å². The van der Waals surface area contributed by atoms with Gasteiger partial charge in [-0.1, -0.05) is 0 Å². The summed E-state index contributed by atoms with van der Waals surface area (Å²) in [4.78, 5) is 20.2. The highest BCUT2D eigenvalue weighted by Gasteiger charge is 2.16. The Bertz CT molecular complexity index is 1060. The van der Waals surface area contributed by atoms with Crippen LogP contribution in [0.2, 0.25) is 0 Å². The van der Waals surface area contributed by atoms with Crippen LogP contribution in [0.1, 0.15) is 15.9 Å². The number of nitrogens with zero attached hydrogens (tertiary/aromatic N) is 3. The molecule has 0 saturated carbocycles. The van der Waals surface area contributed by atoms with Gasteiger partial charge in [-0.3, -0.25) is 4.79 Å². The van der Waals surface area contributed by atoms with Crippen molar-refractivity contribution in [3.8, 4) is 11.5 Å². The molecule has 0 aliphatic heterocycles. The highest BCUT2D eigenvalue weighted by molar-refractivity contribution is 5.94. The number of rotatable bonds is 10. The normalized spacial score (nSPS) is 11.7. The van der Waals surface area contributed by atoms with Gasteiger partial charge in [-0.05, 0) is 18.2 Å². The van der Waals surface area contributed by atoms with Gasteiger partial charge in [0, 0.05) is 30.6 Å². The lowest BCUT2D eigenvalue weighted by Gasteiger charge is -2.12. The van der Waals surface area contributed by atoms with E-state index in [0.717, 1.165) is 0 Å². The van der Waals surface area contributed by atoms with E-state index in [9.17, 15) is 14.3 Å². The van der Waals surface area contributed by atoms with Crippen molar-refractivity contribution in [3.63, 3.8) is 0 Å². The number of hydrogen-bond donors (Lipinski definition) is 4. The fourth-order valence-corrected chi connectivity index (χ4v) is 2.86. The van der Waals surface area contributed by atoms with Crippen molar-refractivity contribution in [3.05, 3.63) is 59.9 Å². The van der Waals surface area contributed by atoms with Gasteiger partial charge in [0.15, 0.2) is 17.3 Å². The van der Waals surface area contributed by atoms with E-state index in [1.807, 2.05) is 0 Å². The third-order valence-electron chi connectivity index (χ3n) is 4.49. The Morgan fingerprint density at radius 3 is 2.72 bits per heavy atom. The molecule has 0 bridgehead atoms. The standard InChI is InChI=1S/C21H24FN5O5/c1-23-20(30)13-5-14(19(22)18(6-13)31-2)12-32-17-7-24-21(25-8-17)26-15-3-4-27(9-15)10-16(29)11-28/h3-9,16,28-29H,10-12H2,1-2H3,(H,23,30)(H,24,25,26)/t16-/m0/s1. The van der Waals surface area contributed by atoms with E-state index in [1.54, 1.807) is 23.0 Å². The number of nitrogens with one attached hydrogen (secondary N) is 2. The molecule has 3 rings (SSSR count). The van der Waals surface area contributed by atoms with Crippen molar-refractivity contribution in [2.24, 2.45) is 0 Å². The third kappa shape index (κ3) is 5.71. The lowest BCUT2D eigenvalue weighted by Crippen LogP contribution is -2.18. The number of amides is 1. The zero-order valence-electron chi connectivity index (χ0n) is 17.6. The second kappa shape index (κ2) is 10.6. The van der Waals surface area contributed by atoms with Crippen molar-refractivity contribution in [1.29, 1.82) is 0 Å². The molecule has 4 N–H and O–H groups in total. The van der Waals surface area contributed by atoms with Crippen LogP contribution < -0.4 is 20.1 Å². The summed E-state index contributed by atoms with van der Waals surface area (Å²) in [6.07, 6.45) is 5.50. The van der Waals surface area contributed by atoms with E-state index in [0.29, 0.717) is 17.4 Å². The quantitative estimate of drug-likeness (QED) is 0.369. The number of methoxy groups -OCH3 is 1. The maximum Gasteiger partial charge on any atom is 0.251 e. The maximum absolute atomic E-state index is 14.5. The van der Waals surface area contributed by atoms with E-state index in [1.165, 1.54) is 38.7 Å². The predicted octanol–water partition coefficient (Wildman–Crippen LogP) is 1.46. The summed E-state index contributed by atoms with van der Waals surface area (Å²) in [6.45, 7) is -0.217. The van der Waals surface area contributed by atoms with Gasteiger partial charge in [-0.25, -0.2) is 14.4 Å². The summed E-state index contributed by atoms with van der Waals surface area (Å²) in [5, 5.41) is 23.9. The second-order valence-corrected chi connectivity index (χ2v) is 6.82. The lowest BCUT2D eigenvalue weighted by atomic mass is 10.1. The Balaban J connectivity index is 1.63. The molecule has 1 amide bonds.